The second-order valence-corrected chi connectivity index (χ2v) is 6.78. The van der Waals surface area contributed by atoms with Crippen molar-refractivity contribution in [1.82, 2.24) is 4.90 Å². The molecule has 2 rings (SSSR count). The molecule has 106 valence electrons. The quantitative estimate of drug-likeness (QED) is 0.811. The summed E-state index contributed by atoms with van der Waals surface area (Å²) in [4.78, 5) is 2.37. The van der Waals surface area contributed by atoms with Gasteiger partial charge in [-0.1, -0.05) is 6.92 Å². The van der Waals surface area contributed by atoms with E-state index in [0.717, 1.165) is 64.1 Å². The fourth-order valence-electron chi connectivity index (χ4n) is 3.50. The average molecular weight is 255 g/mol. The Kier molecular flexibility index (Phi) is 4.68. The van der Waals surface area contributed by atoms with Crippen LogP contribution < -0.4 is 0 Å². The lowest BCUT2D eigenvalue weighted by atomic mass is 9.79. The predicted molar refractivity (Wildman–Crippen MR) is 73.4 cm³/mol. The van der Waals surface area contributed by atoms with Gasteiger partial charge in [0, 0.05) is 13.1 Å². The monoisotopic (exact) mass is 255 g/mol. The maximum atomic E-state index is 10.7. The minimum Gasteiger partial charge on any atom is -0.393 e. The number of nitrogens with zero attached hydrogens (tertiary/aromatic N) is 1. The van der Waals surface area contributed by atoms with Gasteiger partial charge >= 0.3 is 0 Å². The highest BCUT2D eigenvalue weighted by Gasteiger charge is 2.35. The summed E-state index contributed by atoms with van der Waals surface area (Å²) in [5.74, 6) is 1.17. The molecule has 0 aromatic heterocycles. The Labute approximate surface area is 111 Å². The zero-order valence-electron chi connectivity index (χ0n) is 11.9. The maximum Gasteiger partial charge on any atom is 0.0774 e. The van der Waals surface area contributed by atoms with E-state index in [1.165, 1.54) is 0 Å². The van der Waals surface area contributed by atoms with E-state index in [0.29, 0.717) is 5.92 Å². The average Bonchev–Trinajstić information content (AvgIpc) is 2.33. The molecule has 0 spiro atoms. The minimum atomic E-state index is -0.465. The lowest BCUT2D eigenvalue weighted by molar-refractivity contribution is -0.0489. The van der Waals surface area contributed by atoms with Crippen LogP contribution in [0.5, 0.6) is 0 Å². The van der Waals surface area contributed by atoms with E-state index in [1.807, 2.05) is 6.92 Å². The zero-order valence-corrected chi connectivity index (χ0v) is 11.9. The summed E-state index contributed by atoms with van der Waals surface area (Å²) >= 11 is 0. The first kappa shape index (κ1) is 14.3. The van der Waals surface area contributed by atoms with E-state index >= 15 is 0 Å². The Morgan fingerprint density at radius 3 is 2.56 bits per heavy atom. The predicted octanol–water partition coefficient (Wildman–Crippen LogP) is 2.02. The molecule has 3 heteroatoms. The van der Waals surface area contributed by atoms with Gasteiger partial charge in [-0.15, -0.1) is 0 Å². The lowest BCUT2D eigenvalue weighted by Gasteiger charge is -2.42. The van der Waals surface area contributed by atoms with E-state index < -0.39 is 5.60 Å². The number of β-amino-alcohol motifs (C(OH)–C–C–N with tert-alkyl or cyclic N) is 1. The molecule has 0 unspecified atom stereocenters. The molecule has 0 aromatic rings. The van der Waals surface area contributed by atoms with Crippen LogP contribution in [0, 0.1) is 11.8 Å². The summed E-state index contributed by atoms with van der Waals surface area (Å²) in [5, 5.41) is 20.4. The standard InChI is InChI=1S/C15H29NO2/c1-12-5-7-15(18,8-6-12)11-16-9-3-4-14(10-16)13(2)17/h12-14,17-18H,3-11H2,1-2H3/t12?,13-,14+,15?/m1/s1. The molecule has 0 radical (unpaired) electrons. The number of hydrogen-bond acceptors (Lipinski definition) is 3. The van der Waals surface area contributed by atoms with E-state index in [-0.39, 0.29) is 6.10 Å². The fourth-order valence-corrected chi connectivity index (χ4v) is 3.50. The molecule has 0 aromatic carbocycles. The molecule has 2 fully saturated rings. The summed E-state index contributed by atoms with van der Waals surface area (Å²) in [6, 6.07) is 0. The third-order valence-corrected chi connectivity index (χ3v) is 4.95. The van der Waals surface area contributed by atoms with E-state index in [1.54, 1.807) is 0 Å². The molecule has 0 amide bonds. The van der Waals surface area contributed by atoms with Gasteiger partial charge in [-0.05, 0) is 63.8 Å². The van der Waals surface area contributed by atoms with Crippen LogP contribution in [0.2, 0.25) is 0 Å². The lowest BCUT2D eigenvalue weighted by Crippen LogP contribution is -2.49. The SMILES string of the molecule is CC1CCC(O)(CN2CCC[C@H]([C@@H](C)O)C2)CC1. The minimum absolute atomic E-state index is 0.214. The Bertz CT molecular complexity index is 259. The zero-order chi connectivity index (χ0) is 13.2. The second-order valence-electron chi connectivity index (χ2n) is 6.78. The third-order valence-electron chi connectivity index (χ3n) is 4.95. The molecule has 2 aliphatic rings. The van der Waals surface area contributed by atoms with Crippen molar-refractivity contribution in [2.45, 2.75) is 64.1 Å². The van der Waals surface area contributed by atoms with Crippen LogP contribution in [0.4, 0.5) is 0 Å². The number of aliphatic hydroxyl groups is 2. The van der Waals surface area contributed by atoms with Crippen molar-refractivity contribution in [3.63, 3.8) is 0 Å². The Balaban J connectivity index is 1.85. The largest absolute Gasteiger partial charge is 0.393 e. The van der Waals surface area contributed by atoms with Crippen molar-refractivity contribution < 1.29 is 10.2 Å². The van der Waals surface area contributed by atoms with Crippen LogP contribution in [-0.2, 0) is 0 Å². The van der Waals surface area contributed by atoms with Gasteiger partial charge in [-0.3, -0.25) is 0 Å². The van der Waals surface area contributed by atoms with E-state index in [9.17, 15) is 10.2 Å². The topological polar surface area (TPSA) is 43.7 Å². The summed E-state index contributed by atoms with van der Waals surface area (Å²) in [6.45, 7) is 7.02. The molecule has 2 N–H and O–H groups in total. The van der Waals surface area contributed by atoms with Crippen molar-refractivity contribution >= 4 is 0 Å². The van der Waals surface area contributed by atoms with Crippen molar-refractivity contribution in [3.05, 3.63) is 0 Å². The summed E-state index contributed by atoms with van der Waals surface area (Å²) in [5.41, 5.74) is -0.465. The van der Waals surface area contributed by atoms with Gasteiger partial charge in [-0.2, -0.15) is 0 Å². The van der Waals surface area contributed by atoms with Crippen LogP contribution in [-0.4, -0.2) is 46.5 Å². The second kappa shape index (κ2) is 5.89. The fraction of sp³-hybridized carbons (Fsp3) is 1.00. The Morgan fingerprint density at radius 2 is 1.94 bits per heavy atom. The highest BCUT2D eigenvalue weighted by Crippen LogP contribution is 2.33. The van der Waals surface area contributed by atoms with E-state index in [4.69, 9.17) is 0 Å². The first-order valence-electron chi connectivity index (χ1n) is 7.61. The maximum absolute atomic E-state index is 10.7. The molecular weight excluding hydrogens is 226 g/mol. The normalized spacial score (nSPS) is 40.7. The number of likely N-dealkylation sites (tertiary alicyclic amines) is 1. The summed E-state index contributed by atoms with van der Waals surface area (Å²) in [7, 11) is 0. The molecule has 1 heterocycles. The summed E-state index contributed by atoms with van der Waals surface area (Å²) in [6.07, 6.45) is 6.28. The molecular formula is C15H29NO2. The van der Waals surface area contributed by atoms with E-state index in [2.05, 4.69) is 11.8 Å². The molecule has 1 saturated heterocycles. The molecule has 1 saturated carbocycles. The van der Waals surface area contributed by atoms with Gasteiger partial charge < -0.3 is 15.1 Å². The van der Waals surface area contributed by atoms with Crippen molar-refractivity contribution in [2.75, 3.05) is 19.6 Å². The van der Waals surface area contributed by atoms with Crippen molar-refractivity contribution in [2.24, 2.45) is 11.8 Å². The molecule has 3 nitrogen and oxygen atoms in total. The number of hydrogen-bond donors (Lipinski definition) is 2. The highest BCUT2D eigenvalue weighted by atomic mass is 16.3. The summed E-state index contributed by atoms with van der Waals surface area (Å²) < 4.78 is 0. The van der Waals surface area contributed by atoms with Gasteiger partial charge in [0.25, 0.3) is 0 Å². The van der Waals surface area contributed by atoms with Gasteiger partial charge in [0.15, 0.2) is 0 Å². The highest BCUT2D eigenvalue weighted by molar-refractivity contribution is 4.89. The molecule has 1 aliphatic heterocycles. The Morgan fingerprint density at radius 1 is 1.28 bits per heavy atom. The first-order chi connectivity index (χ1) is 8.48. The van der Waals surface area contributed by atoms with Crippen LogP contribution in [0.25, 0.3) is 0 Å². The Hall–Kier alpha value is -0.120. The van der Waals surface area contributed by atoms with Gasteiger partial charge in [0.2, 0.25) is 0 Å². The number of rotatable bonds is 3. The van der Waals surface area contributed by atoms with Gasteiger partial charge in [0.1, 0.15) is 0 Å². The van der Waals surface area contributed by atoms with Crippen LogP contribution in [0.1, 0.15) is 52.4 Å². The van der Waals surface area contributed by atoms with Crippen LogP contribution in [0.3, 0.4) is 0 Å². The molecule has 2 atom stereocenters. The van der Waals surface area contributed by atoms with Crippen molar-refractivity contribution in [1.29, 1.82) is 0 Å². The molecule has 0 bridgehead atoms. The van der Waals surface area contributed by atoms with Gasteiger partial charge in [0.05, 0.1) is 11.7 Å². The molecule has 1 aliphatic carbocycles. The number of aliphatic hydroxyl groups excluding tert-OH is 1. The van der Waals surface area contributed by atoms with Gasteiger partial charge in [-0.25, -0.2) is 0 Å². The van der Waals surface area contributed by atoms with Crippen molar-refractivity contribution in [3.8, 4) is 0 Å². The van der Waals surface area contributed by atoms with Crippen LogP contribution in [0.15, 0.2) is 0 Å². The smallest absolute Gasteiger partial charge is 0.0774 e. The first-order valence-corrected chi connectivity index (χ1v) is 7.61. The third kappa shape index (κ3) is 3.69. The van der Waals surface area contributed by atoms with Crippen LogP contribution >= 0.6 is 0 Å². The number of piperidine rings is 1. The molecule has 18 heavy (non-hydrogen) atoms.